The number of rotatable bonds is 2. The average molecular weight is 343 g/mol. The molecule has 2 aromatic rings. The number of benzene rings is 1. The summed E-state index contributed by atoms with van der Waals surface area (Å²) in [4.78, 5) is 5.78. The van der Waals surface area contributed by atoms with E-state index in [1.807, 2.05) is 17.0 Å². The second kappa shape index (κ2) is 6.02. The van der Waals surface area contributed by atoms with Gasteiger partial charge in [-0.2, -0.15) is 13.2 Å². The molecule has 23 heavy (non-hydrogen) atoms. The van der Waals surface area contributed by atoms with Crippen LogP contribution in [0.3, 0.4) is 0 Å². The zero-order valence-electron chi connectivity index (χ0n) is 12.0. The van der Waals surface area contributed by atoms with Crippen molar-refractivity contribution in [1.82, 2.24) is 4.98 Å². The molecular formula is C16H14ClF3N2O. The molecule has 0 saturated carbocycles. The van der Waals surface area contributed by atoms with E-state index in [4.69, 9.17) is 11.6 Å². The van der Waals surface area contributed by atoms with Crippen LogP contribution in [0.1, 0.15) is 22.8 Å². The number of hydrogen-bond acceptors (Lipinski definition) is 3. The molecule has 1 unspecified atom stereocenters. The molecule has 0 spiro atoms. The van der Waals surface area contributed by atoms with E-state index in [2.05, 4.69) is 4.98 Å². The van der Waals surface area contributed by atoms with Gasteiger partial charge in [0.1, 0.15) is 0 Å². The van der Waals surface area contributed by atoms with Gasteiger partial charge in [-0.15, -0.1) is 0 Å². The molecule has 0 aliphatic carbocycles. The highest BCUT2D eigenvalue weighted by Gasteiger charge is 2.39. The fraction of sp³-hybridized carbons (Fsp3) is 0.312. The van der Waals surface area contributed by atoms with Crippen LogP contribution < -0.4 is 4.90 Å². The molecule has 0 saturated heterocycles. The Morgan fingerprint density at radius 2 is 1.96 bits per heavy atom. The van der Waals surface area contributed by atoms with Gasteiger partial charge in [-0.05, 0) is 35.7 Å². The first-order valence-electron chi connectivity index (χ1n) is 7.06. The fourth-order valence-electron chi connectivity index (χ4n) is 2.70. The number of aliphatic hydroxyl groups excluding tert-OH is 1. The maximum Gasteiger partial charge on any atom is 0.418 e. The number of pyridine rings is 1. The number of halogens is 4. The average Bonchev–Trinajstić information content (AvgIpc) is 2.53. The Kier molecular flexibility index (Phi) is 4.21. The first-order chi connectivity index (χ1) is 10.8. The number of aliphatic hydroxyl groups is 1. The zero-order chi connectivity index (χ0) is 16.6. The second-order valence-corrected chi connectivity index (χ2v) is 5.94. The van der Waals surface area contributed by atoms with Crippen molar-refractivity contribution in [3.8, 4) is 0 Å². The monoisotopic (exact) mass is 342 g/mol. The lowest BCUT2D eigenvalue weighted by atomic mass is 9.99. The quantitative estimate of drug-likeness (QED) is 0.899. The maximum absolute atomic E-state index is 12.6. The Balaban J connectivity index is 1.85. The molecule has 0 bridgehead atoms. The minimum absolute atomic E-state index is 0.253. The van der Waals surface area contributed by atoms with Gasteiger partial charge in [-0.1, -0.05) is 17.7 Å². The van der Waals surface area contributed by atoms with Crippen molar-refractivity contribution in [2.75, 3.05) is 11.4 Å². The number of hydrogen-bond donors (Lipinski definition) is 1. The van der Waals surface area contributed by atoms with Gasteiger partial charge in [-0.25, -0.2) is 0 Å². The molecule has 7 heteroatoms. The molecule has 1 N–H and O–H groups in total. The Morgan fingerprint density at radius 3 is 2.70 bits per heavy atom. The van der Waals surface area contributed by atoms with Crippen molar-refractivity contribution < 1.29 is 18.3 Å². The highest BCUT2D eigenvalue weighted by atomic mass is 35.5. The van der Waals surface area contributed by atoms with Crippen LogP contribution in [0.15, 0.2) is 36.7 Å². The maximum atomic E-state index is 12.6. The lowest BCUT2D eigenvalue weighted by Gasteiger charge is -2.31. The third kappa shape index (κ3) is 3.43. The summed E-state index contributed by atoms with van der Waals surface area (Å²) in [5.74, 6) is 0. The van der Waals surface area contributed by atoms with Crippen LogP contribution in [-0.4, -0.2) is 22.8 Å². The van der Waals surface area contributed by atoms with Crippen LogP contribution in [0.25, 0.3) is 0 Å². The molecule has 0 radical (unpaired) electrons. The number of fused-ring (bicyclic) bond motifs is 1. The molecule has 122 valence electrons. The van der Waals surface area contributed by atoms with E-state index in [-0.39, 0.29) is 5.56 Å². The highest BCUT2D eigenvalue weighted by Crippen LogP contribution is 2.34. The van der Waals surface area contributed by atoms with Crippen LogP contribution in [-0.2, 0) is 13.0 Å². The molecule has 0 amide bonds. The first kappa shape index (κ1) is 16.1. The molecular weight excluding hydrogens is 329 g/mol. The van der Waals surface area contributed by atoms with Crippen LogP contribution in [0.5, 0.6) is 0 Å². The molecule has 3 nitrogen and oxygen atoms in total. The summed E-state index contributed by atoms with van der Waals surface area (Å²) in [5, 5.41) is 10.0. The predicted octanol–water partition coefficient (Wildman–Crippen LogP) is 3.89. The van der Waals surface area contributed by atoms with E-state index in [1.165, 1.54) is 12.3 Å². The Morgan fingerprint density at radius 1 is 1.17 bits per heavy atom. The SMILES string of the molecule is OC(c1cncc(N2CCc3cc(Cl)ccc3C2)c1)C(F)(F)F. The van der Waals surface area contributed by atoms with Gasteiger partial charge in [0.2, 0.25) is 0 Å². The van der Waals surface area contributed by atoms with Gasteiger partial charge in [0.05, 0.1) is 11.9 Å². The normalized spacial score (nSPS) is 16.1. The molecule has 1 atom stereocenters. The second-order valence-electron chi connectivity index (χ2n) is 5.51. The van der Waals surface area contributed by atoms with E-state index in [0.717, 1.165) is 23.7 Å². The molecule has 1 aliphatic rings. The predicted molar refractivity (Wildman–Crippen MR) is 81.5 cm³/mol. The van der Waals surface area contributed by atoms with Crippen molar-refractivity contribution in [3.63, 3.8) is 0 Å². The first-order valence-corrected chi connectivity index (χ1v) is 7.44. The molecule has 1 aliphatic heterocycles. The summed E-state index contributed by atoms with van der Waals surface area (Å²) in [5.41, 5.74) is 2.54. The Labute approximate surface area is 136 Å². The summed E-state index contributed by atoms with van der Waals surface area (Å²) in [6.45, 7) is 1.22. The lowest BCUT2D eigenvalue weighted by molar-refractivity contribution is -0.206. The zero-order valence-corrected chi connectivity index (χ0v) is 12.8. The minimum Gasteiger partial charge on any atom is -0.379 e. The number of anilines is 1. The molecule has 2 heterocycles. The van der Waals surface area contributed by atoms with Crippen molar-refractivity contribution in [2.24, 2.45) is 0 Å². The Bertz CT molecular complexity index is 721. The smallest absolute Gasteiger partial charge is 0.379 e. The molecule has 3 rings (SSSR count). The number of nitrogens with zero attached hydrogens (tertiary/aromatic N) is 2. The van der Waals surface area contributed by atoms with Crippen molar-refractivity contribution in [3.05, 3.63) is 58.4 Å². The third-order valence-corrected chi connectivity index (χ3v) is 4.15. The molecule has 1 aromatic heterocycles. The van der Waals surface area contributed by atoms with E-state index < -0.39 is 12.3 Å². The summed E-state index contributed by atoms with van der Waals surface area (Å²) >= 11 is 5.97. The van der Waals surface area contributed by atoms with Crippen LogP contribution in [0.2, 0.25) is 5.02 Å². The van der Waals surface area contributed by atoms with Gasteiger partial charge >= 0.3 is 6.18 Å². The summed E-state index contributed by atoms with van der Waals surface area (Å²) in [7, 11) is 0. The summed E-state index contributed by atoms with van der Waals surface area (Å²) in [6.07, 6.45) is -3.92. The number of alkyl halides is 3. The van der Waals surface area contributed by atoms with E-state index >= 15 is 0 Å². The van der Waals surface area contributed by atoms with Crippen LogP contribution in [0.4, 0.5) is 18.9 Å². The molecule has 1 aromatic carbocycles. The fourth-order valence-corrected chi connectivity index (χ4v) is 2.89. The molecule has 0 fully saturated rings. The van der Waals surface area contributed by atoms with Crippen molar-refractivity contribution in [2.45, 2.75) is 25.2 Å². The largest absolute Gasteiger partial charge is 0.418 e. The Hall–Kier alpha value is -1.79. The van der Waals surface area contributed by atoms with E-state index in [0.29, 0.717) is 23.8 Å². The van der Waals surface area contributed by atoms with Crippen LogP contribution in [0, 0.1) is 0 Å². The van der Waals surface area contributed by atoms with Gasteiger partial charge < -0.3 is 10.0 Å². The minimum atomic E-state index is -4.70. The highest BCUT2D eigenvalue weighted by molar-refractivity contribution is 6.30. The van der Waals surface area contributed by atoms with Gasteiger partial charge in [0.25, 0.3) is 0 Å². The van der Waals surface area contributed by atoms with Crippen molar-refractivity contribution in [1.29, 1.82) is 0 Å². The van der Waals surface area contributed by atoms with Crippen LogP contribution >= 0.6 is 11.6 Å². The van der Waals surface area contributed by atoms with Gasteiger partial charge in [-0.3, -0.25) is 4.98 Å². The lowest BCUT2D eigenvalue weighted by Crippen LogP contribution is -2.30. The third-order valence-electron chi connectivity index (χ3n) is 3.92. The van der Waals surface area contributed by atoms with E-state index in [1.54, 1.807) is 6.07 Å². The summed E-state index contributed by atoms with van der Waals surface area (Å²) in [6, 6.07) is 6.97. The number of aromatic nitrogens is 1. The van der Waals surface area contributed by atoms with Gasteiger partial charge in [0.15, 0.2) is 6.10 Å². The van der Waals surface area contributed by atoms with E-state index in [9.17, 15) is 18.3 Å². The van der Waals surface area contributed by atoms with Gasteiger partial charge in [0, 0.05) is 29.9 Å². The van der Waals surface area contributed by atoms with Crippen molar-refractivity contribution >= 4 is 17.3 Å². The standard InChI is InChI=1S/C16H14ClF3N2O/c17-13-2-1-11-9-22(4-3-10(11)5-13)14-6-12(7-21-8-14)15(23)16(18,19)20/h1-2,5-8,15,23H,3-4,9H2. The summed E-state index contributed by atoms with van der Waals surface area (Å²) < 4.78 is 37.9. The topological polar surface area (TPSA) is 36.4 Å².